The van der Waals surface area contributed by atoms with Crippen molar-refractivity contribution in [3.8, 4) is 23.3 Å². The number of allylic oxidation sites excluding steroid dienone is 1. The largest absolute Gasteiger partial charge is 0.497 e. The number of aryl methyl sites for hydroxylation is 1. The average molecular weight is 563 g/mol. The molecule has 0 radical (unpaired) electrons. The van der Waals surface area contributed by atoms with Crippen molar-refractivity contribution in [1.82, 2.24) is 9.55 Å². The SMILES string of the molecule is COc1ccc(-n2c(C)cc(C3=CS/C(=C(/C#N)c4nc5ccccc5s4)N3c3cccc(OC)c3)c2C)cc1. The van der Waals surface area contributed by atoms with Gasteiger partial charge in [-0.1, -0.05) is 30.0 Å². The van der Waals surface area contributed by atoms with Crippen molar-refractivity contribution >= 4 is 50.3 Å². The number of nitrogens with zero attached hydrogens (tertiary/aromatic N) is 4. The maximum Gasteiger partial charge on any atom is 0.137 e. The number of aromatic nitrogens is 2. The molecule has 8 heteroatoms. The van der Waals surface area contributed by atoms with Gasteiger partial charge < -0.3 is 18.9 Å². The number of benzene rings is 3. The summed E-state index contributed by atoms with van der Waals surface area (Å²) in [6.45, 7) is 4.24. The molecule has 0 bridgehead atoms. The van der Waals surface area contributed by atoms with E-state index in [0.29, 0.717) is 10.6 Å². The van der Waals surface area contributed by atoms with Crippen molar-refractivity contribution in [2.45, 2.75) is 13.8 Å². The molecule has 5 aromatic rings. The van der Waals surface area contributed by atoms with Crippen LogP contribution in [0, 0.1) is 25.2 Å². The van der Waals surface area contributed by atoms with E-state index in [1.807, 2.05) is 60.7 Å². The average Bonchev–Trinajstić information content (AvgIpc) is 3.69. The lowest BCUT2D eigenvalue weighted by Gasteiger charge is -2.25. The van der Waals surface area contributed by atoms with Crippen LogP contribution in [0.15, 0.2) is 89.3 Å². The van der Waals surface area contributed by atoms with Gasteiger partial charge in [0.05, 0.1) is 35.8 Å². The van der Waals surface area contributed by atoms with Crippen LogP contribution in [-0.4, -0.2) is 23.8 Å². The van der Waals surface area contributed by atoms with E-state index in [1.165, 1.54) is 11.3 Å². The number of anilines is 1. The summed E-state index contributed by atoms with van der Waals surface area (Å²) >= 11 is 3.08. The minimum absolute atomic E-state index is 0.546. The van der Waals surface area contributed by atoms with Gasteiger partial charge in [0, 0.05) is 34.1 Å². The van der Waals surface area contributed by atoms with Crippen molar-refractivity contribution in [2.75, 3.05) is 19.1 Å². The second-order valence-electron chi connectivity index (χ2n) is 9.25. The zero-order valence-corrected chi connectivity index (χ0v) is 24.1. The van der Waals surface area contributed by atoms with Crippen LogP contribution < -0.4 is 14.4 Å². The van der Waals surface area contributed by atoms with E-state index in [1.54, 1.807) is 26.0 Å². The Bertz CT molecular complexity index is 1810. The molecule has 0 atom stereocenters. The highest BCUT2D eigenvalue weighted by atomic mass is 32.2. The van der Waals surface area contributed by atoms with Gasteiger partial charge >= 0.3 is 0 Å². The minimum Gasteiger partial charge on any atom is -0.497 e. The summed E-state index contributed by atoms with van der Waals surface area (Å²) in [4.78, 5) is 6.96. The lowest BCUT2D eigenvalue weighted by Crippen LogP contribution is -2.17. The zero-order valence-electron chi connectivity index (χ0n) is 22.5. The first-order valence-electron chi connectivity index (χ1n) is 12.7. The summed E-state index contributed by atoms with van der Waals surface area (Å²) in [6, 6.07) is 28.6. The fourth-order valence-corrected chi connectivity index (χ4v) is 7.06. The van der Waals surface area contributed by atoms with E-state index in [-0.39, 0.29) is 0 Å². The first-order valence-corrected chi connectivity index (χ1v) is 14.4. The summed E-state index contributed by atoms with van der Waals surface area (Å²) in [6.07, 6.45) is 0. The van der Waals surface area contributed by atoms with Crippen molar-refractivity contribution in [3.05, 3.63) is 111 Å². The van der Waals surface area contributed by atoms with Gasteiger partial charge in [0.15, 0.2) is 0 Å². The van der Waals surface area contributed by atoms with Gasteiger partial charge in [-0.2, -0.15) is 5.26 Å². The molecule has 0 spiro atoms. The highest BCUT2D eigenvalue weighted by molar-refractivity contribution is 8.06. The molecule has 2 aromatic heterocycles. The molecule has 1 aliphatic heterocycles. The van der Waals surface area contributed by atoms with Crippen LogP contribution in [0.3, 0.4) is 0 Å². The summed E-state index contributed by atoms with van der Waals surface area (Å²) in [5, 5.41) is 14.1. The Morgan fingerprint density at radius 2 is 1.65 bits per heavy atom. The summed E-state index contributed by atoms with van der Waals surface area (Å²) in [5.41, 5.74) is 7.70. The predicted octanol–water partition coefficient (Wildman–Crippen LogP) is 8.17. The first kappa shape index (κ1) is 25.8. The second-order valence-corrected chi connectivity index (χ2v) is 11.1. The van der Waals surface area contributed by atoms with Crippen molar-refractivity contribution in [1.29, 1.82) is 5.26 Å². The Balaban J connectivity index is 1.51. The smallest absolute Gasteiger partial charge is 0.137 e. The molecule has 0 fully saturated rings. The van der Waals surface area contributed by atoms with Crippen LogP contribution in [0.4, 0.5) is 5.69 Å². The topological polar surface area (TPSA) is 63.3 Å². The number of ether oxygens (including phenoxy) is 2. The van der Waals surface area contributed by atoms with Gasteiger partial charge in [0.1, 0.15) is 33.2 Å². The lowest BCUT2D eigenvalue weighted by molar-refractivity contribution is 0.414. The molecule has 40 heavy (non-hydrogen) atoms. The van der Waals surface area contributed by atoms with Crippen molar-refractivity contribution in [3.63, 3.8) is 0 Å². The van der Waals surface area contributed by atoms with Gasteiger partial charge in [-0.15, -0.1) is 11.3 Å². The minimum atomic E-state index is 0.546. The van der Waals surface area contributed by atoms with Crippen LogP contribution in [0.5, 0.6) is 11.5 Å². The summed E-state index contributed by atoms with van der Waals surface area (Å²) < 4.78 is 14.2. The number of para-hydroxylation sites is 1. The molecule has 0 N–H and O–H groups in total. The number of fused-ring (bicyclic) bond motifs is 1. The van der Waals surface area contributed by atoms with Gasteiger partial charge in [-0.3, -0.25) is 0 Å². The molecule has 3 aromatic carbocycles. The zero-order chi connectivity index (χ0) is 27.8. The molecular weight excluding hydrogens is 537 g/mol. The highest BCUT2D eigenvalue weighted by Crippen LogP contribution is 2.48. The summed E-state index contributed by atoms with van der Waals surface area (Å²) in [7, 11) is 3.33. The predicted molar refractivity (Wildman–Crippen MR) is 165 cm³/mol. The quantitative estimate of drug-likeness (QED) is 0.195. The first-order chi connectivity index (χ1) is 19.5. The van der Waals surface area contributed by atoms with Gasteiger partial charge in [0.2, 0.25) is 0 Å². The van der Waals surface area contributed by atoms with Gasteiger partial charge in [-0.25, -0.2) is 4.98 Å². The lowest BCUT2D eigenvalue weighted by atomic mass is 10.1. The number of thioether (sulfide) groups is 1. The van der Waals surface area contributed by atoms with E-state index >= 15 is 0 Å². The van der Waals surface area contributed by atoms with Crippen LogP contribution in [0.1, 0.15) is 22.0 Å². The molecule has 3 heterocycles. The number of thiazole rings is 1. The van der Waals surface area contributed by atoms with E-state index in [4.69, 9.17) is 14.5 Å². The number of hydrogen-bond donors (Lipinski definition) is 0. The number of methoxy groups -OCH3 is 2. The Labute approximate surface area is 241 Å². The Morgan fingerprint density at radius 3 is 2.38 bits per heavy atom. The monoisotopic (exact) mass is 562 g/mol. The Hall–Kier alpha value is -4.45. The molecule has 6 nitrogen and oxygen atoms in total. The molecule has 0 saturated carbocycles. The van der Waals surface area contributed by atoms with Crippen LogP contribution in [0.25, 0.3) is 27.2 Å². The molecule has 6 rings (SSSR count). The maximum atomic E-state index is 10.4. The number of hydrogen-bond acceptors (Lipinski definition) is 7. The van der Waals surface area contributed by atoms with Crippen LogP contribution in [0.2, 0.25) is 0 Å². The van der Waals surface area contributed by atoms with Crippen molar-refractivity contribution in [2.24, 2.45) is 0 Å². The third-order valence-corrected chi connectivity index (χ3v) is 8.91. The molecule has 0 saturated heterocycles. The Morgan fingerprint density at radius 1 is 0.875 bits per heavy atom. The third kappa shape index (κ3) is 4.43. The van der Waals surface area contributed by atoms with E-state index in [2.05, 4.69) is 53.0 Å². The standard InChI is InChI=1S/C32H26N4O2S2/c1-20-16-26(21(2)35(20)22-12-14-24(37-3)15-13-22)29-19-39-32(36(29)23-8-7-9-25(17-23)38-4)27(18-33)31-34-28-10-5-6-11-30(28)40-31/h5-17,19H,1-4H3/b32-27-. The fourth-order valence-electron chi connectivity index (χ4n) is 5.00. The molecule has 1 aliphatic rings. The van der Waals surface area contributed by atoms with Crippen LogP contribution in [-0.2, 0) is 0 Å². The maximum absolute atomic E-state index is 10.4. The molecule has 198 valence electrons. The van der Waals surface area contributed by atoms with Gasteiger partial charge in [-0.05, 0) is 68.4 Å². The number of nitriles is 1. The molecule has 0 unspecified atom stereocenters. The normalized spacial score (nSPS) is 14.3. The van der Waals surface area contributed by atoms with E-state index in [0.717, 1.165) is 60.8 Å². The second kappa shape index (κ2) is 10.6. The third-order valence-electron chi connectivity index (χ3n) is 6.91. The van der Waals surface area contributed by atoms with E-state index in [9.17, 15) is 5.26 Å². The van der Waals surface area contributed by atoms with Gasteiger partial charge in [0.25, 0.3) is 0 Å². The van der Waals surface area contributed by atoms with E-state index < -0.39 is 0 Å². The fraction of sp³-hybridized carbons (Fsp3) is 0.125. The van der Waals surface area contributed by atoms with Crippen molar-refractivity contribution < 1.29 is 9.47 Å². The highest BCUT2D eigenvalue weighted by Gasteiger charge is 2.31. The van der Waals surface area contributed by atoms with Crippen LogP contribution >= 0.6 is 23.1 Å². The Kier molecular flexibility index (Phi) is 6.84. The molecule has 0 amide bonds. The molecule has 0 aliphatic carbocycles. The molecular formula is C32H26N4O2S2. The summed E-state index contributed by atoms with van der Waals surface area (Å²) in [5.74, 6) is 1.56. The number of rotatable bonds is 6.